The molecule has 2 aliphatic rings. The molecule has 2 amide bonds. The van der Waals surface area contributed by atoms with Crippen molar-refractivity contribution >= 4 is 39.4 Å². The lowest BCUT2D eigenvalue weighted by Crippen LogP contribution is -2.47. The highest BCUT2D eigenvalue weighted by molar-refractivity contribution is 9.10. The molecule has 2 fully saturated rings. The molecule has 25 heavy (non-hydrogen) atoms. The van der Waals surface area contributed by atoms with Gasteiger partial charge in [-0.3, -0.25) is 19.3 Å². The summed E-state index contributed by atoms with van der Waals surface area (Å²) in [5, 5.41) is 0. The standard InChI is InChI=1S/C18H21BrN2O4/c1-2-25-18(24)12-6-8-20(9-7-12)15-11-16(22)21(17(15)23)14-5-3-4-13(19)10-14/h3-5,10,12,15H,2,6-9,11H2,1H3/t15-/m0/s1. The van der Waals surface area contributed by atoms with Crippen molar-refractivity contribution in [2.75, 3.05) is 24.6 Å². The van der Waals surface area contributed by atoms with Crippen molar-refractivity contribution in [3.05, 3.63) is 28.7 Å². The first-order valence-electron chi connectivity index (χ1n) is 8.54. The lowest BCUT2D eigenvalue weighted by Gasteiger charge is -2.33. The van der Waals surface area contributed by atoms with Gasteiger partial charge in [-0.15, -0.1) is 0 Å². The molecule has 1 atom stereocenters. The number of piperidine rings is 1. The number of likely N-dealkylation sites (tertiary alicyclic amines) is 1. The van der Waals surface area contributed by atoms with E-state index in [-0.39, 0.29) is 30.1 Å². The molecule has 0 radical (unpaired) electrons. The van der Waals surface area contributed by atoms with E-state index in [1.807, 2.05) is 11.0 Å². The molecule has 7 heteroatoms. The van der Waals surface area contributed by atoms with Crippen LogP contribution >= 0.6 is 15.9 Å². The molecule has 134 valence electrons. The average molecular weight is 409 g/mol. The fourth-order valence-electron chi connectivity index (χ4n) is 3.49. The van der Waals surface area contributed by atoms with Crippen LogP contribution < -0.4 is 4.90 Å². The fourth-order valence-corrected chi connectivity index (χ4v) is 3.88. The molecule has 0 bridgehead atoms. The number of ether oxygens (including phenoxy) is 1. The molecule has 3 rings (SSSR count). The zero-order valence-electron chi connectivity index (χ0n) is 14.1. The van der Waals surface area contributed by atoms with Crippen LogP contribution in [0.4, 0.5) is 5.69 Å². The maximum Gasteiger partial charge on any atom is 0.309 e. The van der Waals surface area contributed by atoms with E-state index in [1.165, 1.54) is 4.90 Å². The second-order valence-corrected chi connectivity index (χ2v) is 7.25. The van der Waals surface area contributed by atoms with Crippen LogP contribution in [-0.4, -0.2) is 48.4 Å². The monoisotopic (exact) mass is 408 g/mol. The minimum atomic E-state index is -0.436. The smallest absolute Gasteiger partial charge is 0.309 e. The molecular formula is C18H21BrN2O4. The van der Waals surface area contributed by atoms with Crippen LogP contribution in [0.5, 0.6) is 0 Å². The number of halogens is 1. The van der Waals surface area contributed by atoms with Gasteiger partial charge in [0.25, 0.3) is 5.91 Å². The first-order valence-corrected chi connectivity index (χ1v) is 9.33. The summed E-state index contributed by atoms with van der Waals surface area (Å²) in [7, 11) is 0. The Morgan fingerprint density at radius 2 is 2.00 bits per heavy atom. The van der Waals surface area contributed by atoms with E-state index >= 15 is 0 Å². The normalized spacial score (nSPS) is 22.5. The van der Waals surface area contributed by atoms with Crippen LogP contribution in [-0.2, 0) is 19.1 Å². The quantitative estimate of drug-likeness (QED) is 0.564. The summed E-state index contributed by atoms with van der Waals surface area (Å²) < 4.78 is 5.90. The van der Waals surface area contributed by atoms with E-state index in [2.05, 4.69) is 15.9 Å². The molecular weight excluding hydrogens is 388 g/mol. The predicted molar refractivity (Wildman–Crippen MR) is 96.0 cm³/mol. The van der Waals surface area contributed by atoms with Gasteiger partial charge in [-0.25, -0.2) is 4.90 Å². The van der Waals surface area contributed by atoms with Gasteiger partial charge in [0.15, 0.2) is 0 Å². The van der Waals surface area contributed by atoms with Crippen LogP contribution in [0.25, 0.3) is 0 Å². The molecule has 2 aliphatic heterocycles. The summed E-state index contributed by atoms with van der Waals surface area (Å²) in [4.78, 5) is 40.3. The van der Waals surface area contributed by atoms with E-state index < -0.39 is 6.04 Å². The lowest BCUT2D eigenvalue weighted by atomic mass is 9.95. The van der Waals surface area contributed by atoms with Gasteiger partial charge in [0.05, 0.1) is 30.7 Å². The first-order chi connectivity index (χ1) is 12.0. The van der Waals surface area contributed by atoms with Crippen LogP contribution in [0.2, 0.25) is 0 Å². The van der Waals surface area contributed by atoms with Crippen molar-refractivity contribution in [3.8, 4) is 0 Å². The topological polar surface area (TPSA) is 66.9 Å². The Morgan fingerprint density at radius 3 is 2.64 bits per heavy atom. The van der Waals surface area contributed by atoms with Gasteiger partial charge in [0.1, 0.15) is 0 Å². The van der Waals surface area contributed by atoms with E-state index in [9.17, 15) is 14.4 Å². The number of esters is 1. The molecule has 2 saturated heterocycles. The number of nitrogens with zero attached hydrogens (tertiary/aromatic N) is 2. The first kappa shape index (κ1) is 18.1. The summed E-state index contributed by atoms with van der Waals surface area (Å²) in [5.41, 5.74) is 0.591. The van der Waals surface area contributed by atoms with Gasteiger partial charge >= 0.3 is 5.97 Å². The van der Waals surface area contributed by atoms with Crippen molar-refractivity contribution in [2.24, 2.45) is 5.92 Å². The zero-order valence-corrected chi connectivity index (χ0v) is 15.7. The van der Waals surface area contributed by atoms with Crippen LogP contribution in [0, 0.1) is 5.92 Å². The third-order valence-corrected chi connectivity index (χ3v) is 5.27. The SMILES string of the molecule is CCOC(=O)C1CCN([C@H]2CC(=O)N(c3cccc(Br)c3)C2=O)CC1. The largest absolute Gasteiger partial charge is 0.466 e. The number of amides is 2. The van der Waals surface area contributed by atoms with Gasteiger partial charge in [0, 0.05) is 4.47 Å². The molecule has 0 saturated carbocycles. The summed E-state index contributed by atoms with van der Waals surface area (Å²) in [6, 6.07) is 6.75. The van der Waals surface area contributed by atoms with Crippen LogP contribution in [0.15, 0.2) is 28.7 Å². The van der Waals surface area contributed by atoms with Crippen molar-refractivity contribution in [3.63, 3.8) is 0 Å². The van der Waals surface area contributed by atoms with Crippen molar-refractivity contribution in [1.29, 1.82) is 0 Å². The molecule has 1 aromatic carbocycles. The Labute approximate surface area is 155 Å². The highest BCUT2D eigenvalue weighted by atomic mass is 79.9. The second kappa shape index (κ2) is 7.66. The minimum absolute atomic E-state index is 0.107. The molecule has 6 nitrogen and oxygen atoms in total. The maximum absolute atomic E-state index is 12.8. The maximum atomic E-state index is 12.8. The summed E-state index contributed by atoms with van der Waals surface area (Å²) >= 11 is 3.37. The molecule has 0 aliphatic carbocycles. The van der Waals surface area contributed by atoms with Gasteiger partial charge < -0.3 is 4.74 Å². The zero-order chi connectivity index (χ0) is 18.0. The Hall–Kier alpha value is -1.73. The Morgan fingerprint density at radius 1 is 1.28 bits per heavy atom. The average Bonchev–Trinajstić information content (AvgIpc) is 2.90. The number of hydrogen-bond acceptors (Lipinski definition) is 5. The lowest BCUT2D eigenvalue weighted by molar-refractivity contribution is -0.149. The number of carbonyl (C=O) groups excluding carboxylic acids is 3. The van der Waals surface area contributed by atoms with Gasteiger partial charge in [-0.1, -0.05) is 22.0 Å². The predicted octanol–water partition coefficient (Wildman–Crippen LogP) is 2.36. The molecule has 2 heterocycles. The second-order valence-electron chi connectivity index (χ2n) is 6.33. The van der Waals surface area contributed by atoms with Crippen molar-refractivity contribution < 1.29 is 19.1 Å². The molecule has 0 N–H and O–H groups in total. The Bertz CT molecular complexity index is 685. The molecule has 1 aromatic rings. The number of anilines is 1. The number of hydrogen-bond donors (Lipinski definition) is 0. The number of rotatable bonds is 4. The van der Waals surface area contributed by atoms with E-state index in [0.717, 1.165) is 4.47 Å². The van der Waals surface area contributed by atoms with Gasteiger partial charge in [0.2, 0.25) is 5.91 Å². The van der Waals surface area contributed by atoms with Gasteiger partial charge in [-0.05, 0) is 51.1 Å². The third-order valence-electron chi connectivity index (χ3n) is 4.78. The summed E-state index contributed by atoms with van der Waals surface area (Å²) in [6.07, 6.45) is 1.51. The van der Waals surface area contributed by atoms with Crippen LogP contribution in [0.1, 0.15) is 26.2 Å². The number of carbonyl (C=O) groups is 3. The van der Waals surface area contributed by atoms with Crippen LogP contribution in [0.3, 0.4) is 0 Å². The van der Waals surface area contributed by atoms with Crippen molar-refractivity contribution in [1.82, 2.24) is 4.90 Å². The fraction of sp³-hybridized carbons (Fsp3) is 0.500. The number of benzene rings is 1. The van der Waals surface area contributed by atoms with Gasteiger partial charge in [-0.2, -0.15) is 0 Å². The van der Waals surface area contributed by atoms with E-state index in [0.29, 0.717) is 38.2 Å². The Balaban J connectivity index is 1.66. The number of imide groups is 1. The highest BCUT2D eigenvalue weighted by Gasteiger charge is 2.44. The summed E-state index contributed by atoms with van der Waals surface area (Å²) in [6.45, 7) is 3.43. The minimum Gasteiger partial charge on any atom is -0.466 e. The van der Waals surface area contributed by atoms with Crippen molar-refractivity contribution in [2.45, 2.75) is 32.2 Å². The highest BCUT2D eigenvalue weighted by Crippen LogP contribution is 2.30. The molecule has 0 unspecified atom stereocenters. The summed E-state index contributed by atoms with van der Waals surface area (Å²) in [5.74, 6) is -0.630. The third kappa shape index (κ3) is 3.77. The molecule has 0 spiro atoms. The molecule has 0 aromatic heterocycles. The van der Waals surface area contributed by atoms with E-state index in [1.54, 1.807) is 25.1 Å². The van der Waals surface area contributed by atoms with E-state index in [4.69, 9.17) is 4.74 Å². The Kier molecular flexibility index (Phi) is 5.54.